The lowest BCUT2D eigenvalue weighted by Crippen LogP contribution is -2.08. The van der Waals surface area contributed by atoms with Crippen LogP contribution in [0.3, 0.4) is 0 Å². The van der Waals surface area contributed by atoms with Crippen LogP contribution in [0, 0.1) is 0 Å². The highest BCUT2D eigenvalue weighted by atomic mass is 35.5. The van der Waals surface area contributed by atoms with E-state index in [0.717, 1.165) is 0 Å². The van der Waals surface area contributed by atoms with Gasteiger partial charge in [-0.1, -0.05) is 29.8 Å². The van der Waals surface area contributed by atoms with Gasteiger partial charge in [-0.3, -0.25) is 0 Å². The van der Waals surface area contributed by atoms with E-state index in [0.29, 0.717) is 38.4 Å². The van der Waals surface area contributed by atoms with Gasteiger partial charge in [0.05, 0.1) is 18.2 Å². The quantitative estimate of drug-likeness (QED) is 0.260. The highest BCUT2D eigenvalue weighted by Crippen LogP contribution is 2.26. The van der Waals surface area contributed by atoms with E-state index in [1.807, 2.05) is 0 Å². The predicted molar refractivity (Wildman–Crippen MR) is 111 cm³/mol. The summed E-state index contributed by atoms with van der Waals surface area (Å²) in [6.45, 7) is 0. The minimum absolute atomic E-state index is 0.271. The highest BCUT2D eigenvalue weighted by molar-refractivity contribution is 6.30. The molecule has 0 fully saturated rings. The van der Waals surface area contributed by atoms with Gasteiger partial charge in [0.15, 0.2) is 0 Å². The van der Waals surface area contributed by atoms with Crippen LogP contribution in [0.5, 0.6) is 11.5 Å². The van der Waals surface area contributed by atoms with Crippen LogP contribution in [0.25, 0.3) is 22.1 Å². The van der Waals surface area contributed by atoms with Gasteiger partial charge in [-0.25, -0.2) is 9.59 Å². The number of carbonyl (C=O) groups is 1. The molecule has 0 atom stereocenters. The van der Waals surface area contributed by atoms with Gasteiger partial charge in [-0.2, -0.15) is 0 Å². The maximum atomic E-state index is 12.4. The van der Waals surface area contributed by atoms with Crippen molar-refractivity contribution >= 4 is 28.5 Å². The van der Waals surface area contributed by atoms with Crippen molar-refractivity contribution in [3.8, 4) is 22.6 Å². The summed E-state index contributed by atoms with van der Waals surface area (Å²) in [5.74, 6) is 0.287. The zero-order valence-corrected chi connectivity index (χ0v) is 16.1. The van der Waals surface area contributed by atoms with E-state index in [9.17, 15) is 9.59 Å². The largest absolute Gasteiger partial charge is 0.497 e. The van der Waals surface area contributed by atoms with Gasteiger partial charge in [0.2, 0.25) is 0 Å². The van der Waals surface area contributed by atoms with Crippen molar-refractivity contribution in [2.75, 3.05) is 7.11 Å². The minimum atomic E-state index is -0.539. The number of fused-ring (bicyclic) bond motifs is 1. The first kappa shape index (κ1) is 18.8. The van der Waals surface area contributed by atoms with Crippen LogP contribution in [0.2, 0.25) is 5.02 Å². The number of carbonyl (C=O) groups excluding carboxylic acids is 1. The van der Waals surface area contributed by atoms with Gasteiger partial charge in [0.25, 0.3) is 0 Å². The second-order valence-electron chi connectivity index (χ2n) is 6.28. The van der Waals surface area contributed by atoms with Gasteiger partial charge in [-0.05, 0) is 54.1 Å². The summed E-state index contributed by atoms with van der Waals surface area (Å²) in [7, 11) is 1.52. The molecule has 0 saturated carbocycles. The molecule has 0 aliphatic carbocycles. The molecule has 0 saturated heterocycles. The molecule has 144 valence electrons. The van der Waals surface area contributed by atoms with Crippen LogP contribution in [-0.4, -0.2) is 13.1 Å². The molecule has 1 aromatic heterocycles. The summed E-state index contributed by atoms with van der Waals surface area (Å²) in [6.07, 6.45) is 0. The molecule has 4 rings (SSSR count). The standard InChI is InChI=1S/C23H15ClO5/c1-27-18-4-2-3-16(11-18)22(25)28-19-10-7-15-12-20(23(26)29-21(15)13-19)14-5-8-17(24)9-6-14/h2-13H,1H3. The fourth-order valence-corrected chi connectivity index (χ4v) is 3.03. The second-order valence-corrected chi connectivity index (χ2v) is 6.71. The van der Waals surface area contributed by atoms with E-state index in [4.69, 9.17) is 25.5 Å². The van der Waals surface area contributed by atoms with Crippen molar-refractivity contribution in [3.63, 3.8) is 0 Å². The Hall–Kier alpha value is -3.57. The lowest BCUT2D eigenvalue weighted by molar-refractivity contribution is 0.0734. The minimum Gasteiger partial charge on any atom is -0.497 e. The number of hydrogen-bond acceptors (Lipinski definition) is 5. The van der Waals surface area contributed by atoms with Gasteiger partial charge in [0.1, 0.15) is 17.1 Å². The number of benzene rings is 3. The highest BCUT2D eigenvalue weighted by Gasteiger charge is 2.12. The van der Waals surface area contributed by atoms with Gasteiger partial charge in [0, 0.05) is 16.5 Å². The monoisotopic (exact) mass is 406 g/mol. The van der Waals surface area contributed by atoms with E-state index >= 15 is 0 Å². The number of hydrogen-bond donors (Lipinski definition) is 0. The van der Waals surface area contributed by atoms with Crippen LogP contribution in [0.1, 0.15) is 10.4 Å². The van der Waals surface area contributed by atoms with Crippen LogP contribution in [-0.2, 0) is 0 Å². The smallest absolute Gasteiger partial charge is 0.344 e. The SMILES string of the molecule is COc1cccc(C(=O)Oc2ccc3cc(-c4ccc(Cl)cc4)c(=O)oc3c2)c1. The molecule has 0 spiro atoms. The Morgan fingerprint density at radius 2 is 1.72 bits per heavy atom. The summed E-state index contributed by atoms with van der Waals surface area (Å²) in [5, 5.41) is 1.29. The zero-order valence-electron chi connectivity index (χ0n) is 15.3. The van der Waals surface area contributed by atoms with Crippen LogP contribution in [0.4, 0.5) is 0 Å². The number of rotatable bonds is 4. The van der Waals surface area contributed by atoms with Crippen molar-refractivity contribution in [3.05, 3.63) is 93.8 Å². The Labute approximate surface area is 171 Å². The van der Waals surface area contributed by atoms with Crippen molar-refractivity contribution in [1.29, 1.82) is 0 Å². The fourth-order valence-electron chi connectivity index (χ4n) is 2.90. The summed E-state index contributed by atoms with van der Waals surface area (Å²) in [5.41, 5.74) is 1.32. The summed E-state index contributed by atoms with van der Waals surface area (Å²) in [6, 6.07) is 20.2. The summed E-state index contributed by atoms with van der Waals surface area (Å²) >= 11 is 5.90. The molecular weight excluding hydrogens is 392 g/mol. The Morgan fingerprint density at radius 3 is 2.48 bits per heavy atom. The Bertz CT molecular complexity index is 1260. The van der Waals surface area contributed by atoms with Crippen LogP contribution < -0.4 is 15.1 Å². The number of ether oxygens (including phenoxy) is 2. The zero-order chi connectivity index (χ0) is 20.4. The molecule has 0 amide bonds. The van der Waals surface area contributed by atoms with Gasteiger partial charge in [-0.15, -0.1) is 0 Å². The van der Waals surface area contributed by atoms with Gasteiger partial charge < -0.3 is 13.9 Å². The normalized spacial score (nSPS) is 10.7. The van der Waals surface area contributed by atoms with E-state index in [1.165, 1.54) is 13.2 Å². The Balaban J connectivity index is 1.64. The summed E-state index contributed by atoms with van der Waals surface area (Å²) in [4.78, 5) is 24.8. The van der Waals surface area contributed by atoms with Gasteiger partial charge >= 0.3 is 11.6 Å². The first-order valence-corrected chi connectivity index (χ1v) is 9.11. The average molecular weight is 407 g/mol. The molecule has 4 aromatic rings. The van der Waals surface area contributed by atoms with E-state index in [1.54, 1.807) is 66.7 Å². The second kappa shape index (κ2) is 7.81. The van der Waals surface area contributed by atoms with Crippen molar-refractivity contribution in [2.45, 2.75) is 0 Å². The Morgan fingerprint density at radius 1 is 0.931 bits per heavy atom. The first-order chi connectivity index (χ1) is 14.0. The summed E-state index contributed by atoms with van der Waals surface area (Å²) < 4.78 is 16.0. The molecule has 0 aliphatic heterocycles. The molecule has 1 heterocycles. The molecule has 0 aliphatic rings. The van der Waals surface area contributed by atoms with Crippen molar-refractivity contribution in [1.82, 2.24) is 0 Å². The predicted octanol–water partition coefficient (Wildman–Crippen LogP) is 5.34. The maximum absolute atomic E-state index is 12.4. The van der Waals surface area contributed by atoms with E-state index in [2.05, 4.69) is 0 Å². The first-order valence-electron chi connectivity index (χ1n) is 8.73. The third-order valence-electron chi connectivity index (χ3n) is 4.38. The number of methoxy groups -OCH3 is 1. The molecule has 0 radical (unpaired) electrons. The lowest BCUT2D eigenvalue weighted by atomic mass is 10.1. The van der Waals surface area contributed by atoms with E-state index in [-0.39, 0.29) is 5.75 Å². The number of halogens is 1. The topological polar surface area (TPSA) is 65.7 Å². The molecule has 0 bridgehead atoms. The number of esters is 1. The molecule has 0 unspecified atom stereocenters. The molecule has 0 N–H and O–H groups in total. The van der Waals surface area contributed by atoms with Crippen LogP contribution in [0.15, 0.2) is 82.0 Å². The maximum Gasteiger partial charge on any atom is 0.344 e. The molecular formula is C23H15ClO5. The molecule has 5 nitrogen and oxygen atoms in total. The molecule has 6 heteroatoms. The third kappa shape index (κ3) is 4.00. The van der Waals surface area contributed by atoms with E-state index < -0.39 is 11.6 Å². The van der Waals surface area contributed by atoms with Crippen molar-refractivity contribution < 1.29 is 18.7 Å². The molecule has 3 aromatic carbocycles. The molecule has 29 heavy (non-hydrogen) atoms. The Kier molecular flexibility index (Phi) is 5.06. The van der Waals surface area contributed by atoms with Crippen molar-refractivity contribution in [2.24, 2.45) is 0 Å². The average Bonchev–Trinajstić information content (AvgIpc) is 2.74. The fraction of sp³-hybridized carbons (Fsp3) is 0.0435. The third-order valence-corrected chi connectivity index (χ3v) is 4.63. The van der Waals surface area contributed by atoms with Crippen LogP contribution >= 0.6 is 11.6 Å². The lowest BCUT2D eigenvalue weighted by Gasteiger charge is -2.07.